The fourth-order valence-electron chi connectivity index (χ4n) is 3.51. The summed E-state index contributed by atoms with van der Waals surface area (Å²) >= 11 is 0. The Balaban J connectivity index is 1.40. The maximum Gasteiger partial charge on any atom is 0.325 e. The number of nitrogens with zero attached hydrogens (tertiary/aromatic N) is 3. The van der Waals surface area contributed by atoms with E-state index in [0.29, 0.717) is 17.2 Å². The summed E-state index contributed by atoms with van der Waals surface area (Å²) in [7, 11) is 0. The van der Waals surface area contributed by atoms with Crippen LogP contribution in [-0.2, 0) is 16.9 Å². The molecule has 30 heavy (non-hydrogen) atoms. The van der Waals surface area contributed by atoms with E-state index in [1.807, 2.05) is 55.5 Å². The molecule has 1 unspecified atom stereocenters. The average molecular weight is 402 g/mol. The van der Waals surface area contributed by atoms with E-state index in [1.165, 1.54) is 0 Å². The van der Waals surface area contributed by atoms with E-state index in [-0.39, 0.29) is 12.4 Å². The van der Waals surface area contributed by atoms with Gasteiger partial charge in [-0.05, 0) is 38.1 Å². The van der Waals surface area contributed by atoms with Crippen molar-refractivity contribution in [2.45, 2.75) is 25.9 Å². The monoisotopic (exact) mass is 402 g/mol. The zero-order valence-electron chi connectivity index (χ0n) is 16.4. The summed E-state index contributed by atoms with van der Waals surface area (Å²) < 4.78 is 11.1. The number of furan rings is 1. The molecule has 0 radical (unpaired) electrons. The van der Waals surface area contributed by atoms with Crippen LogP contribution >= 0.6 is 0 Å². The SMILES string of the molecule is Cc1ccc(-c2nc(CN3C(=O)NC(C)(c4cc5ccccc5o4)C3=O)no2)cc1. The number of amides is 3. The molecule has 1 aliphatic heterocycles. The zero-order valence-corrected chi connectivity index (χ0v) is 16.4. The van der Waals surface area contributed by atoms with Crippen molar-refractivity contribution in [3.63, 3.8) is 0 Å². The fourth-order valence-corrected chi connectivity index (χ4v) is 3.51. The molecular formula is C22H18N4O4. The van der Waals surface area contributed by atoms with Gasteiger partial charge in [0.2, 0.25) is 0 Å². The summed E-state index contributed by atoms with van der Waals surface area (Å²) in [5, 5.41) is 7.51. The quantitative estimate of drug-likeness (QED) is 0.522. The summed E-state index contributed by atoms with van der Waals surface area (Å²) in [4.78, 5) is 31.1. The number of carbonyl (C=O) groups is 2. The lowest BCUT2D eigenvalue weighted by Crippen LogP contribution is -2.40. The number of imide groups is 1. The number of rotatable bonds is 4. The molecule has 2 aromatic heterocycles. The molecule has 4 aromatic rings. The second-order valence-electron chi connectivity index (χ2n) is 7.48. The van der Waals surface area contributed by atoms with Crippen molar-refractivity contribution >= 4 is 22.9 Å². The number of urea groups is 1. The Morgan fingerprint density at radius 1 is 1.10 bits per heavy atom. The van der Waals surface area contributed by atoms with Gasteiger partial charge in [0.25, 0.3) is 11.8 Å². The van der Waals surface area contributed by atoms with Crippen LogP contribution in [0.3, 0.4) is 0 Å². The highest BCUT2D eigenvalue weighted by Crippen LogP contribution is 2.33. The van der Waals surface area contributed by atoms with E-state index in [1.54, 1.807) is 13.0 Å². The predicted molar refractivity (Wildman–Crippen MR) is 107 cm³/mol. The van der Waals surface area contributed by atoms with Crippen molar-refractivity contribution in [1.82, 2.24) is 20.4 Å². The number of fused-ring (bicyclic) bond motifs is 1. The number of benzene rings is 2. The number of hydrogen-bond donors (Lipinski definition) is 1. The first-order chi connectivity index (χ1) is 14.4. The Kier molecular flexibility index (Phi) is 3.95. The van der Waals surface area contributed by atoms with Crippen LogP contribution in [0.25, 0.3) is 22.4 Å². The minimum absolute atomic E-state index is 0.101. The number of carbonyl (C=O) groups excluding carboxylic acids is 2. The minimum Gasteiger partial charge on any atom is -0.458 e. The van der Waals surface area contributed by atoms with E-state index in [2.05, 4.69) is 15.5 Å². The molecule has 3 amide bonds. The molecule has 8 nitrogen and oxygen atoms in total. The Morgan fingerprint density at radius 3 is 2.63 bits per heavy atom. The van der Waals surface area contributed by atoms with Gasteiger partial charge in [-0.15, -0.1) is 0 Å². The van der Waals surface area contributed by atoms with Crippen molar-refractivity contribution in [2.24, 2.45) is 0 Å². The van der Waals surface area contributed by atoms with E-state index < -0.39 is 17.5 Å². The smallest absolute Gasteiger partial charge is 0.325 e. The van der Waals surface area contributed by atoms with Crippen molar-refractivity contribution < 1.29 is 18.5 Å². The molecule has 0 bridgehead atoms. The first-order valence-electron chi connectivity index (χ1n) is 9.47. The van der Waals surface area contributed by atoms with E-state index in [4.69, 9.17) is 8.94 Å². The number of hydrogen-bond acceptors (Lipinski definition) is 6. The molecular weight excluding hydrogens is 384 g/mol. The van der Waals surface area contributed by atoms with E-state index >= 15 is 0 Å². The Labute approximate surface area is 171 Å². The van der Waals surface area contributed by atoms with Gasteiger partial charge in [0.1, 0.15) is 11.3 Å². The van der Waals surface area contributed by atoms with Crippen LogP contribution < -0.4 is 5.32 Å². The highest BCUT2D eigenvalue weighted by molar-refractivity contribution is 6.07. The third-order valence-electron chi connectivity index (χ3n) is 5.26. The molecule has 2 aromatic carbocycles. The van der Waals surface area contributed by atoms with Crippen LogP contribution in [-0.4, -0.2) is 27.0 Å². The third-order valence-corrected chi connectivity index (χ3v) is 5.26. The van der Waals surface area contributed by atoms with Crippen LogP contribution in [0, 0.1) is 6.92 Å². The third kappa shape index (κ3) is 2.85. The molecule has 5 rings (SSSR count). The van der Waals surface area contributed by atoms with Gasteiger partial charge in [0, 0.05) is 10.9 Å². The molecule has 1 N–H and O–H groups in total. The maximum atomic E-state index is 13.1. The van der Waals surface area contributed by atoms with Crippen molar-refractivity contribution in [3.05, 3.63) is 71.7 Å². The highest BCUT2D eigenvalue weighted by atomic mass is 16.5. The second-order valence-corrected chi connectivity index (χ2v) is 7.48. The summed E-state index contributed by atoms with van der Waals surface area (Å²) in [6.45, 7) is 3.51. The van der Waals surface area contributed by atoms with E-state index in [9.17, 15) is 9.59 Å². The predicted octanol–water partition coefficient (Wildman–Crippen LogP) is 3.76. The summed E-state index contributed by atoms with van der Waals surface area (Å²) in [6.07, 6.45) is 0. The number of nitrogens with one attached hydrogen (secondary N) is 1. The Bertz CT molecular complexity index is 1240. The normalized spacial score (nSPS) is 18.9. The van der Waals surface area contributed by atoms with Gasteiger partial charge in [0.15, 0.2) is 11.4 Å². The van der Waals surface area contributed by atoms with Gasteiger partial charge in [-0.1, -0.05) is 41.1 Å². The minimum atomic E-state index is -1.31. The molecule has 8 heteroatoms. The number of para-hydroxylation sites is 1. The van der Waals surface area contributed by atoms with Crippen LogP contribution in [0.15, 0.2) is 63.5 Å². The van der Waals surface area contributed by atoms with Crippen molar-refractivity contribution in [1.29, 1.82) is 0 Å². The number of aromatic nitrogens is 2. The Morgan fingerprint density at radius 2 is 1.87 bits per heavy atom. The highest BCUT2D eigenvalue weighted by Gasteiger charge is 2.51. The topological polar surface area (TPSA) is 101 Å². The summed E-state index contributed by atoms with van der Waals surface area (Å²) in [5.74, 6) is 0.506. The van der Waals surface area contributed by atoms with Gasteiger partial charge < -0.3 is 14.3 Å². The van der Waals surface area contributed by atoms with Crippen LogP contribution in [0.4, 0.5) is 4.79 Å². The first-order valence-corrected chi connectivity index (χ1v) is 9.47. The van der Waals surface area contributed by atoms with Crippen LogP contribution in [0.2, 0.25) is 0 Å². The van der Waals surface area contributed by atoms with Crippen LogP contribution in [0.5, 0.6) is 0 Å². The average Bonchev–Trinajstić information content (AvgIpc) is 3.43. The molecule has 1 fully saturated rings. The molecule has 0 spiro atoms. The lowest BCUT2D eigenvalue weighted by molar-refractivity contribution is -0.132. The molecule has 150 valence electrons. The molecule has 0 saturated carbocycles. The summed E-state index contributed by atoms with van der Waals surface area (Å²) in [5.41, 5.74) is 1.22. The van der Waals surface area contributed by atoms with Crippen molar-refractivity contribution in [2.75, 3.05) is 0 Å². The van der Waals surface area contributed by atoms with Gasteiger partial charge >= 0.3 is 6.03 Å². The maximum absolute atomic E-state index is 13.1. The lowest BCUT2D eigenvalue weighted by atomic mass is 9.99. The molecule has 1 aliphatic rings. The largest absolute Gasteiger partial charge is 0.458 e. The van der Waals surface area contributed by atoms with Crippen LogP contribution in [0.1, 0.15) is 24.1 Å². The standard InChI is InChI=1S/C22H18N4O4/c1-13-7-9-14(10-8-13)19-23-18(25-30-19)12-26-20(27)22(2,24-21(26)28)17-11-15-5-3-4-6-16(15)29-17/h3-11H,12H2,1-2H3,(H,24,28). The van der Waals surface area contributed by atoms with Crippen molar-refractivity contribution in [3.8, 4) is 11.5 Å². The van der Waals surface area contributed by atoms with Gasteiger partial charge in [-0.25, -0.2) is 4.79 Å². The molecule has 1 atom stereocenters. The molecule has 3 heterocycles. The number of aryl methyl sites for hydroxylation is 1. The lowest BCUT2D eigenvalue weighted by Gasteiger charge is -2.18. The van der Waals surface area contributed by atoms with Gasteiger partial charge in [-0.3, -0.25) is 9.69 Å². The first kappa shape index (κ1) is 18.1. The molecule has 1 saturated heterocycles. The van der Waals surface area contributed by atoms with Gasteiger partial charge in [-0.2, -0.15) is 4.98 Å². The second kappa shape index (κ2) is 6.55. The summed E-state index contributed by atoms with van der Waals surface area (Å²) in [6, 6.07) is 16.3. The molecule has 0 aliphatic carbocycles. The Hall–Kier alpha value is -3.94. The van der Waals surface area contributed by atoms with Gasteiger partial charge in [0.05, 0.1) is 6.54 Å². The zero-order chi connectivity index (χ0) is 20.9. The fraction of sp³-hybridized carbons (Fsp3) is 0.182. The van der Waals surface area contributed by atoms with E-state index in [0.717, 1.165) is 21.4 Å².